The maximum Gasteiger partial charge on any atom is 0.269 e. The maximum atomic E-state index is 14.6. The van der Waals surface area contributed by atoms with E-state index >= 15 is 0 Å². The van der Waals surface area contributed by atoms with Crippen LogP contribution in [0.3, 0.4) is 0 Å². The lowest BCUT2D eigenvalue weighted by atomic mass is 9.64. The third-order valence-electron chi connectivity index (χ3n) is 8.75. The standard InChI is InChI=1S/C34H24N2O5/c1-20-11-12-21-15-18-28-34(32(38)25-9-5-6-10-26(25)33(34)39)29(22-13-16-24(17-14-22)36(40)41)30(35(28)27(21)19-20)31(37)23-7-3-2-4-8-23/h2-19,28-30H,1H3/t28-,29+,30+/m1/s1. The number of fused-ring (bicyclic) bond motifs is 5. The number of rotatable bonds is 4. The lowest BCUT2D eigenvalue weighted by molar-refractivity contribution is -0.384. The van der Waals surface area contributed by atoms with Crippen LogP contribution in [0, 0.1) is 22.5 Å². The number of Topliss-reactive ketones (excluding diaryl/α,β-unsaturated/α-hetero) is 3. The number of carbonyl (C=O) groups is 3. The van der Waals surface area contributed by atoms with E-state index in [9.17, 15) is 24.5 Å². The molecule has 0 radical (unpaired) electrons. The zero-order chi connectivity index (χ0) is 28.5. The van der Waals surface area contributed by atoms with Crippen LogP contribution in [-0.4, -0.2) is 34.4 Å². The Morgan fingerprint density at radius 3 is 2.12 bits per heavy atom. The number of nitrogens with zero attached hydrogens (tertiary/aromatic N) is 2. The van der Waals surface area contributed by atoms with Crippen molar-refractivity contribution in [2.45, 2.75) is 24.9 Å². The quantitative estimate of drug-likeness (QED) is 0.132. The van der Waals surface area contributed by atoms with Gasteiger partial charge in [0, 0.05) is 40.4 Å². The molecule has 1 spiro atoms. The first-order valence-electron chi connectivity index (χ1n) is 13.4. The summed E-state index contributed by atoms with van der Waals surface area (Å²) < 4.78 is 0. The van der Waals surface area contributed by atoms with Crippen molar-refractivity contribution in [1.29, 1.82) is 0 Å². The smallest absolute Gasteiger partial charge is 0.269 e. The Kier molecular flexibility index (Phi) is 5.41. The molecule has 3 aliphatic rings. The number of carbonyl (C=O) groups excluding carboxylic acids is 3. The summed E-state index contributed by atoms with van der Waals surface area (Å²) in [7, 11) is 0. The van der Waals surface area contributed by atoms with E-state index in [2.05, 4.69) is 0 Å². The fourth-order valence-electron chi connectivity index (χ4n) is 7.02. The van der Waals surface area contributed by atoms with Gasteiger partial charge >= 0.3 is 0 Å². The molecule has 1 saturated heterocycles. The van der Waals surface area contributed by atoms with E-state index in [-0.39, 0.29) is 23.0 Å². The van der Waals surface area contributed by atoms with E-state index in [4.69, 9.17) is 0 Å². The van der Waals surface area contributed by atoms with Gasteiger partial charge < -0.3 is 4.90 Å². The number of hydrogen-bond donors (Lipinski definition) is 0. The SMILES string of the molecule is Cc1ccc2c(c1)N1[C@H](C(=O)c3ccccc3)[C@H](c3ccc([N+](=O)[O-])cc3)C3(C(=O)c4ccccc4C3=O)[C@H]1C=C2. The Morgan fingerprint density at radius 2 is 1.49 bits per heavy atom. The first-order chi connectivity index (χ1) is 19.8. The number of anilines is 1. The van der Waals surface area contributed by atoms with E-state index < -0.39 is 28.3 Å². The molecule has 2 aliphatic heterocycles. The molecule has 7 nitrogen and oxygen atoms in total. The molecule has 1 aliphatic carbocycles. The maximum absolute atomic E-state index is 14.6. The van der Waals surface area contributed by atoms with Crippen molar-refractivity contribution >= 4 is 34.8 Å². The van der Waals surface area contributed by atoms with Gasteiger partial charge in [-0.05, 0) is 29.7 Å². The van der Waals surface area contributed by atoms with Gasteiger partial charge in [0.25, 0.3) is 5.69 Å². The largest absolute Gasteiger partial charge is 0.352 e. The van der Waals surface area contributed by atoms with E-state index in [1.807, 2.05) is 48.2 Å². The molecule has 0 saturated carbocycles. The van der Waals surface area contributed by atoms with Crippen molar-refractivity contribution in [3.63, 3.8) is 0 Å². The summed E-state index contributed by atoms with van der Waals surface area (Å²) in [6.07, 6.45) is 3.79. The Bertz CT molecular complexity index is 1770. The number of aryl methyl sites for hydroxylation is 1. The molecular formula is C34H24N2O5. The molecule has 0 unspecified atom stereocenters. The number of hydrogen-bond acceptors (Lipinski definition) is 6. The highest BCUT2D eigenvalue weighted by Crippen LogP contribution is 2.61. The third kappa shape index (κ3) is 3.35. The molecule has 41 heavy (non-hydrogen) atoms. The average Bonchev–Trinajstić information content (AvgIpc) is 3.43. The predicted molar refractivity (Wildman–Crippen MR) is 154 cm³/mol. The number of non-ortho nitro benzene ring substituents is 1. The summed E-state index contributed by atoms with van der Waals surface area (Å²) >= 11 is 0. The van der Waals surface area contributed by atoms with Gasteiger partial charge in [0.1, 0.15) is 11.5 Å². The first kappa shape index (κ1) is 24.8. The van der Waals surface area contributed by atoms with Crippen molar-refractivity contribution in [2.24, 2.45) is 5.41 Å². The molecule has 0 amide bonds. The highest BCUT2D eigenvalue weighted by atomic mass is 16.6. The highest BCUT2D eigenvalue weighted by Gasteiger charge is 2.71. The van der Waals surface area contributed by atoms with E-state index in [0.717, 1.165) is 16.8 Å². The second-order valence-corrected chi connectivity index (χ2v) is 10.8. The van der Waals surface area contributed by atoms with Gasteiger partial charge in [-0.25, -0.2) is 0 Å². The van der Waals surface area contributed by atoms with Crippen LogP contribution >= 0.6 is 0 Å². The van der Waals surface area contributed by atoms with Crippen LogP contribution in [0.5, 0.6) is 0 Å². The van der Waals surface area contributed by atoms with Gasteiger partial charge in [-0.15, -0.1) is 0 Å². The predicted octanol–water partition coefficient (Wildman–Crippen LogP) is 6.22. The molecule has 0 bridgehead atoms. The van der Waals surface area contributed by atoms with Gasteiger partial charge in [-0.2, -0.15) is 0 Å². The van der Waals surface area contributed by atoms with Gasteiger partial charge in [0.2, 0.25) is 0 Å². The number of benzene rings is 4. The third-order valence-corrected chi connectivity index (χ3v) is 8.75. The van der Waals surface area contributed by atoms with Crippen LogP contribution in [0.25, 0.3) is 6.08 Å². The fourth-order valence-corrected chi connectivity index (χ4v) is 7.02. The van der Waals surface area contributed by atoms with Crippen molar-refractivity contribution in [3.8, 4) is 0 Å². The first-order valence-corrected chi connectivity index (χ1v) is 13.4. The molecule has 200 valence electrons. The van der Waals surface area contributed by atoms with Crippen LogP contribution in [-0.2, 0) is 0 Å². The summed E-state index contributed by atoms with van der Waals surface area (Å²) in [4.78, 5) is 56.8. The van der Waals surface area contributed by atoms with E-state index in [0.29, 0.717) is 22.3 Å². The van der Waals surface area contributed by atoms with Gasteiger partial charge in [-0.1, -0.05) is 91.0 Å². The Morgan fingerprint density at radius 1 is 0.854 bits per heavy atom. The minimum absolute atomic E-state index is 0.113. The van der Waals surface area contributed by atoms with Gasteiger partial charge in [0.15, 0.2) is 17.3 Å². The molecule has 3 atom stereocenters. The second kappa shape index (κ2) is 8.93. The van der Waals surface area contributed by atoms with Crippen LogP contribution in [0.1, 0.15) is 53.7 Å². The van der Waals surface area contributed by atoms with E-state index in [1.165, 1.54) is 12.1 Å². The minimum atomic E-state index is -1.65. The van der Waals surface area contributed by atoms with E-state index in [1.54, 1.807) is 60.7 Å². The molecule has 7 heteroatoms. The van der Waals surface area contributed by atoms with Crippen molar-refractivity contribution < 1.29 is 19.3 Å². The second-order valence-electron chi connectivity index (χ2n) is 10.8. The summed E-state index contributed by atoms with van der Waals surface area (Å²) in [5.74, 6) is -1.80. The topological polar surface area (TPSA) is 97.6 Å². The zero-order valence-electron chi connectivity index (χ0n) is 22.1. The molecule has 4 aromatic carbocycles. The lowest BCUT2D eigenvalue weighted by Crippen LogP contribution is -2.48. The number of nitro groups is 1. The Labute approximate surface area is 235 Å². The molecular weight excluding hydrogens is 516 g/mol. The molecule has 0 aromatic heterocycles. The summed E-state index contributed by atoms with van der Waals surface area (Å²) in [5.41, 5.74) is 2.52. The van der Waals surface area contributed by atoms with Crippen LogP contribution < -0.4 is 4.90 Å². The van der Waals surface area contributed by atoms with Crippen LogP contribution in [0.15, 0.2) is 103 Å². The fraction of sp³-hybridized carbons (Fsp3) is 0.147. The molecule has 2 heterocycles. The number of nitro benzene ring substituents is 1. The minimum Gasteiger partial charge on any atom is -0.352 e. The summed E-state index contributed by atoms with van der Waals surface area (Å²) in [6.45, 7) is 1.96. The van der Waals surface area contributed by atoms with Gasteiger partial charge in [-0.3, -0.25) is 24.5 Å². The normalized spacial score (nSPS) is 21.5. The molecule has 0 N–H and O–H groups in total. The Balaban J connectivity index is 1.55. The molecule has 1 fully saturated rings. The molecule has 7 rings (SSSR count). The van der Waals surface area contributed by atoms with Gasteiger partial charge in [0.05, 0.1) is 11.0 Å². The zero-order valence-corrected chi connectivity index (χ0v) is 22.1. The molecule has 4 aromatic rings. The van der Waals surface area contributed by atoms with Crippen molar-refractivity contribution in [3.05, 3.63) is 147 Å². The van der Waals surface area contributed by atoms with Crippen molar-refractivity contribution in [2.75, 3.05) is 4.90 Å². The Hall–Kier alpha value is -5.17. The van der Waals surface area contributed by atoms with Crippen LogP contribution in [0.4, 0.5) is 11.4 Å². The highest BCUT2D eigenvalue weighted by molar-refractivity contribution is 6.32. The monoisotopic (exact) mass is 540 g/mol. The van der Waals surface area contributed by atoms with Crippen LogP contribution in [0.2, 0.25) is 0 Å². The number of ketones is 3. The average molecular weight is 541 g/mol. The summed E-state index contributed by atoms with van der Waals surface area (Å²) in [5, 5.41) is 11.5. The lowest BCUT2D eigenvalue weighted by Gasteiger charge is -2.37. The van der Waals surface area contributed by atoms with Crippen molar-refractivity contribution in [1.82, 2.24) is 0 Å². The summed E-state index contributed by atoms with van der Waals surface area (Å²) in [6, 6.07) is 25.8.